The number of thiazole rings is 1. The minimum Gasteiger partial charge on any atom is -0.326 e. The molecule has 0 spiro atoms. The van der Waals surface area contributed by atoms with Crippen molar-refractivity contribution in [2.75, 3.05) is 7.05 Å². The molecule has 2 aromatic rings. The molecule has 0 saturated heterocycles. The van der Waals surface area contributed by atoms with E-state index < -0.39 is 0 Å². The Balaban J connectivity index is 2.20. The topological polar surface area (TPSA) is 42.1 Å². The molecular weight excluding hydrogens is 273 g/mol. The monoisotopic (exact) mass is 293 g/mol. The highest BCUT2D eigenvalue weighted by Crippen LogP contribution is 2.25. The quantitative estimate of drug-likeness (QED) is 0.889. The number of likely N-dealkylation sites (N-methyl/N-ethyl adjacent to an activating group) is 1. The zero-order chi connectivity index (χ0) is 14.5. The van der Waals surface area contributed by atoms with Crippen LogP contribution in [0.25, 0.3) is 0 Å². The molecule has 3 nitrogen and oxygen atoms in total. The second kappa shape index (κ2) is 6.92. The summed E-state index contributed by atoms with van der Waals surface area (Å²) in [6.45, 7) is 2.80. The highest BCUT2D eigenvalue weighted by atomic mass is 32.1. The van der Waals surface area contributed by atoms with Crippen molar-refractivity contribution in [1.29, 1.82) is 0 Å². The van der Waals surface area contributed by atoms with Gasteiger partial charge in [-0.3, -0.25) is 4.90 Å². The maximum atomic E-state index is 13.1. The molecular formula is C15H20FN3S. The average Bonchev–Trinajstić information content (AvgIpc) is 2.94. The number of nitrogens with zero attached hydrogens (tertiary/aromatic N) is 2. The Bertz CT molecular complexity index is 512. The summed E-state index contributed by atoms with van der Waals surface area (Å²) in [7, 11) is 2.03. The highest BCUT2D eigenvalue weighted by molar-refractivity contribution is 7.07. The molecule has 2 atom stereocenters. The molecule has 0 aliphatic rings. The van der Waals surface area contributed by atoms with Crippen LogP contribution in [0.1, 0.15) is 30.6 Å². The summed E-state index contributed by atoms with van der Waals surface area (Å²) in [6, 6.07) is 6.66. The molecule has 108 valence electrons. The van der Waals surface area contributed by atoms with Gasteiger partial charge in [0.2, 0.25) is 0 Å². The van der Waals surface area contributed by atoms with Gasteiger partial charge in [0.1, 0.15) is 5.82 Å². The third kappa shape index (κ3) is 3.62. The van der Waals surface area contributed by atoms with Gasteiger partial charge in [-0.1, -0.05) is 19.1 Å². The molecule has 1 aromatic carbocycles. The van der Waals surface area contributed by atoms with Gasteiger partial charge in [0, 0.05) is 24.0 Å². The van der Waals surface area contributed by atoms with Crippen molar-refractivity contribution in [3.8, 4) is 0 Å². The van der Waals surface area contributed by atoms with E-state index in [9.17, 15) is 4.39 Å². The van der Waals surface area contributed by atoms with Crippen LogP contribution in [0.4, 0.5) is 4.39 Å². The van der Waals surface area contributed by atoms with Crippen LogP contribution in [-0.2, 0) is 6.54 Å². The molecule has 20 heavy (non-hydrogen) atoms. The van der Waals surface area contributed by atoms with E-state index in [0.29, 0.717) is 0 Å². The van der Waals surface area contributed by atoms with Gasteiger partial charge in [0.15, 0.2) is 0 Å². The lowest BCUT2D eigenvalue weighted by Gasteiger charge is -2.32. The molecule has 0 aliphatic heterocycles. The van der Waals surface area contributed by atoms with Crippen molar-refractivity contribution in [1.82, 2.24) is 9.88 Å². The Kier molecular flexibility index (Phi) is 5.23. The van der Waals surface area contributed by atoms with Gasteiger partial charge in [-0.25, -0.2) is 9.37 Å². The molecule has 0 radical (unpaired) electrons. The SMILES string of the molecule is CCC(N)C(c1ccc(F)cc1)N(C)Cc1cscn1. The maximum absolute atomic E-state index is 13.1. The molecule has 1 heterocycles. The van der Waals surface area contributed by atoms with Gasteiger partial charge in [-0.2, -0.15) is 0 Å². The van der Waals surface area contributed by atoms with E-state index in [1.807, 2.05) is 30.1 Å². The smallest absolute Gasteiger partial charge is 0.123 e. The Labute approximate surface area is 123 Å². The zero-order valence-electron chi connectivity index (χ0n) is 11.8. The minimum absolute atomic E-state index is 0.00379. The molecule has 1 aromatic heterocycles. The number of halogens is 1. The third-order valence-electron chi connectivity index (χ3n) is 3.46. The summed E-state index contributed by atoms with van der Waals surface area (Å²) >= 11 is 1.59. The van der Waals surface area contributed by atoms with Crippen molar-refractivity contribution in [3.63, 3.8) is 0 Å². The van der Waals surface area contributed by atoms with E-state index in [-0.39, 0.29) is 17.9 Å². The lowest BCUT2D eigenvalue weighted by molar-refractivity contribution is 0.200. The van der Waals surface area contributed by atoms with Crippen LogP contribution in [0.3, 0.4) is 0 Å². The van der Waals surface area contributed by atoms with Crippen LogP contribution in [0, 0.1) is 5.82 Å². The summed E-state index contributed by atoms with van der Waals surface area (Å²) in [6.07, 6.45) is 0.865. The second-order valence-electron chi connectivity index (χ2n) is 4.96. The van der Waals surface area contributed by atoms with Crippen LogP contribution in [-0.4, -0.2) is 23.0 Å². The van der Waals surface area contributed by atoms with Crippen LogP contribution in [0.15, 0.2) is 35.2 Å². The van der Waals surface area contributed by atoms with Crippen molar-refractivity contribution >= 4 is 11.3 Å². The second-order valence-corrected chi connectivity index (χ2v) is 5.68. The fourth-order valence-corrected chi connectivity index (χ4v) is 2.93. The summed E-state index contributed by atoms with van der Waals surface area (Å²) in [5, 5.41) is 2.04. The summed E-state index contributed by atoms with van der Waals surface area (Å²) in [5.74, 6) is -0.222. The van der Waals surface area contributed by atoms with E-state index in [1.54, 1.807) is 11.3 Å². The first kappa shape index (κ1) is 15.1. The van der Waals surface area contributed by atoms with Crippen molar-refractivity contribution < 1.29 is 4.39 Å². The number of hydrogen-bond acceptors (Lipinski definition) is 4. The Morgan fingerprint density at radius 2 is 2.05 bits per heavy atom. The Hall–Kier alpha value is -1.30. The molecule has 0 bridgehead atoms. The number of rotatable bonds is 6. The maximum Gasteiger partial charge on any atom is 0.123 e. The number of benzene rings is 1. The van der Waals surface area contributed by atoms with Crippen molar-refractivity contribution in [2.45, 2.75) is 32.0 Å². The van der Waals surface area contributed by atoms with Crippen LogP contribution >= 0.6 is 11.3 Å². The normalized spacial score (nSPS) is 14.4. The van der Waals surface area contributed by atoms with Gasteiger partial charge < -0.3 is 5.73 Å². The molecule has 2 N–H and O–H groups in total. The van der Waals surface area contributed by atoms with E-state index in [2.05, 4.69) is 16.8 Å². The zero-order valence-corrected chi connectivity index (χ0v) is 12.6. The van der Waals surface area contributed by atoms with E-state index in [1.165, 1.54) is 12.1 Å². The van der Waals surface area contributed by atoms with Gasteiger partial charge in [0.25, 0.3) is 0 Å². The van der Waals surface area contributed by atoms with E-state index >= 15 is 0 Å². The molecule has 0 aliphatic carbocycles. The largest absolute Gasteiger partial charge is 0.326 e. The summed E-state index contributed by atoms with van der Waals surface area (Å²) in [5.41, 5.74) is 10.2. The predicted molar refractivity (Wildman–Crippen MR) is 81.0 cm³/mol. The van der Waals surface area contributed by atoms with E-state index in [4.69, 9.17) is 5.73 Å². The fourth-order valence-electron chi connectivity index (χ4n) is 2.38. The first-order chi connectivity index (χ1) is 9.61. The fraction of sp³-hybridized carbons (Fsp3) is 0.400. The first-order valence-electron chi connectivity index (χ1n) is 6.70. The highest BCUT2D eigenvalue weighted by Gasteiger charge is 2.23. The standard InChI is InChI=1S/C15H20FN3S/c1-3-14(17)15(11-4-6-12(16)7-5-11)19(2)8-13-9-20-10-18-13/h4-7,9-10,14-15H,3,8,17H2,1-2H3. The van der Waals surface area contributed by atoms with Crippen LogP contribution in [0.2, 0.25) is 0 Å². The van der Waals surface area contributed by atoms with Crippen molar-refractivity contribution in [2.24, 2.45) is 5.73 Å². The number of aromatic nitrogens is 1. The minimum atomic E-state index is -0.222. The molecule has 0 amide bonds. The number of hydrogen-bond donors (Lipinski definition) is 1. The lowest BCUT2D eigenvalue weighted by Crippen LogP contribution is -2.38. The summed E-state index contributed by atoms with van der Waals surface area (Å²) < 4.78 is 13.1. The molecule has 2 rings (SSSR count). The lowest BCUT2D eigenvalue weighted by atomic mass is 9.96. The first-order valence-corrected chi connectivity index (χ1v) is 7.64. The van der Waals surface area contributed by atoms with Gasteiger partial charge in [0.05, 0.1) is 11.2 Å². The average molecular weight is 293 g/mol. The molecule has 5 heteroatoms. The summed E-state index contributed by atoms with van der Waals surface area (Å²) in [4.78, 5) is 6.48. The number of nitrogens with two attached hydrogens (primary N) is 1. The Morgan fingerprint density at radius 1 is 1.35 bits per heavy atom. The van der Waals surface area contributed by atoms with Gasteiger partial charge in [-0.05, 0) is 31.2 Å². The van der Waals surface area contributed by atoms with E-state index in [0.717, 1.165) is 24.2 Å². The van der Waals surface area contributed by atoms with Crippen LogP contribution < -0.4 is 5.73 Å². The van der Waals surface area contributed by atoms with Gasteiger partial charge >= 0.3 is 0 Å². The molecule has 2 unspecified atom stereocenters. The Morgan fingerprint density at radius 3 is 2.60 bits per heavy atom. The van der Waals surface area contributed by atoms with Gasteiger partial charge in [-0.15, -0.1) is 11.3 Å². The molecule has 0 fully saturated rings. The van der Waals surface area contributed by atoms with Crippen LogP contribution in [0.5, 0.6) is 0 Å². The third-order valence-corrected chi connectivity index (χ3v) is 4.09. The predicted octanol–water partition coefficient (Wildman–Crippen LogP) is 3.19. The molecule has 0 saturated carbocycles. The van der Waals surface area contributed by atoms with Crippen molar-refractivity contribution in [3.05, 3.63) is 52.2 Å².